The van der Waals surface area contributed by atoms with Crippen molar-refractivity contribution in [2.24, 2.45) is 0 Å². The quantitative estimate of drug-likeness (QED) is 0.523. The molecule has 2 aromatic heterocycles. The summed E-state index contributed by atoms with van der Waals surface area (Å²) >= 11 is 1.32. The van der Waals surface area contributed by atoms with E-state index in [-0.39, 0.29) is 17.9 Å². The lowest BCUT2D eigenvalue weighted by molar-refractivity contribution is 0.0932. The molecule has 10 nitrogen and oxygen atoms in total. The molecular weight excluding hydrogens is 460 g/mol. The summed E-state index contributed by atoms with van der Waals surface area (Å²) in [6.07, 6.45) is 2.92. The molecule has 1 aliphatic carbocycles. The number of hydrogen-bond acceptors (Lipinski definition) is 9. The first-order valence-corrected chi connectivity index (χ1v) is 11.4. The van der Waals surface area contributed by atoms with Crippen LogP contribution in [0.1, 0.15) is 28.0 Å². The molecule has 2 N–H and O–H groups in total. The zero-order valence-corrected chi connectivity index (χ0v) is 19.7. The van der Waals surface area contributed by atoms with Crippen molar-refractivity contribution >= 4 is 29.3 Å². The van der Waals surface area contributed by atoms with Crippen LogP contribution in [0.5, 0.6) is 22.3 Å². The van der Waals surface area contributed by atoms with E-state index in [1.54, 1.807) is 30.5 Å². The van der Waals surface area contributed by atoms with E-state index in [9.17, 15) is 9.59 Å². The molecule has 0 radical (unpaired) electrons. The third-order valence-corrected chi connectivity index (χ3v) is 6.06. The van der Waals surface area contributed by atoms with Gasteiger partial charge in [-0.05, 0) is 54.5 Å². The van der Waals surface area contributed by atoms with Gasteiger partial charge in [0.25, 0.3) is 5.91 Å². The maximum Gasteiger partial charge on any atom is 0.420 e. The Morgan fingerprint density at radius 2 is 1.88 bits per heavy atom. The maximum absolute atomic E-state index is 12.9. The third-order valence-electron chi connectivity index (χ3n) is 5.31. The fraction of sp³-hybridized carbons (Fsp3) is 0.304. The molecule has 1 atom stereocenters. The molecule has 0 aliphatic heterocycles. The number of thiophene rings is 1. The van der Waals surface area contributed by atoms with E-state index >= 15 is 0 Å². The van der Waals surface area contributed by atoms with Crippen molar-refractivity contribution in [2.45, 2.75) is 25.3 Å². The second kappa shape index (κ2) is 10.4. The smallest absolute Gasteiger partial charge is 0.420 e. The van der Waals surface area contributed by atoms with E-state index in [0.717, 1.165) is 11.3 Å². The zero-order chi connectivity index (χ0) is 24.1. The predicted molar refractivity (Wildman–Crippen MR) is 125 cm³/mol. The molecule has 0 bridgehead atoms. The highest BCUT2D eigenvalue weighted by Crippen LogP contribution is 2.38. The van der Waals surface area contributed by atoms with Gasteiger partial charge in [-0.1, -0.05) is 0 Å². The highest BCUT2D eigenvalue weighted by Gasteiger charge is 2.24. The van der Waals surface area contributed by atoms with Crippen molar-refractivity contribution < 1.29 is 28.5 Å². The van der Waals surface area contributed by atoms with Gasteiger partial charge in [0.05, 0.1) is 21.3 Å². The summed E-state index contributed by atoms with van der Waals surface area (Å²) in [5.41, 5.74) is 2.15. The molecular formula is C23H24N4O6S. The number of nitrogens with zero attached hydrogens (tertiary/aromatic N) is 2. The lowest BCUT2D eigenvalue weighted by atomic mass is 9.92. The van der Waals surface area contributed by atoms with E-state index in [4.69, 9.17) is 18.9 Å². The molecule has 2 heterocycles. The first-order chi connectivity index (χ1) is 16.5. The highest BCUT2D eigenvalue weighted by molar-refractivity contribution is 7.11. The van der Waals surface area contributed by atoms with Crippen LogP contribution in [0.25, 0.3) is 0 Å². The largest absolute Gasteiger partial charge is 0.493 e. The van der Waals surface area contributed by atoms with E-state index in [2.05, 4.69) is 20.6 Å². The van der Waals surface area contributed by atoms with Gasteiger partial charge in [-0.15, -0.1) is 11.3 Å². The lowest BCUT2D eigenvalue weighted by Crippen LogP contribution is -2.39. The van der Waals surface area contributed by atoms with Gasteiger partial charge >= 0.3 is 6.09 Å². The average molecular weight is 485 g/mol. The van der Waals surface area contributed by atoms with E-state index in [1.165, 1.54) is 32.7 Å². The molecule has 4 rings (SSSR count). The summed E-state index contributed by atoms with van der Waals surface area (Å²) in [6, 6.07) is 6.63. The number of nitrogens with one attached hydrogen (secondary N) is 2. The second-order valence-electron chi connectivity index (χ2n) is 7.44. The SMILES string of the molecule is COc1cc(C(=O)NC2CCc3nc(NC(=O)Oc4cccs4)ncc3C2)cc(OC)c1OC. The summed E-state index contributed by atoms with van der Waals surface area (Å²) in [5, 5.41) is 7.90. The van der Waals surface area contributed by atoms with Crippen molar-refractivity contribution in [2.75, 3.05) is 26.6 Å². The van der Waals surface area contributed by atoms with Crippen molar-refractivity contribution in [3.63, 3.8) is 0 Å². The molecule has 11 heteroatoms. The van der Waals surface area contributed by atoms with Crippen molar-refractivity contribution in [1.82, 2.24) is 15.3 Å². The minimum Gasteiger partial charge on any atom is -0.493 e. The maximum atomic E-state index is 12.9. The molecule has 0 fully saturated rings. The Morgan fingerprint density at radius 1 is 1.12 bits per heavy atom. The summed E-state index contributed by atoms with van der Waals surface area (Å²) in [4.78, 5) is 33.6. The van der Waals surface area contributed by atoms with E-state index < -0.39 is 6.09 Å². The summed E-state index contributed by atoms with van der Waals surface area (Å²) in [5.74, 6) is 1.18. The molecule has 178 valence electrons. The van der Waals surface area contributed by atoms with E-state index in [1.807, 2.05) is 5.38 Å². The zero-order valence-electron chi connectivity index (χ0n) is 18.9. The second-order valence-corrected chi connectivity index (χ2v) is 8.35. The number of hydrogen-bond donors (Lipinski definition) is 2. The molecule has 0 saturated carbocycles. The Bertz CT molecular complexity index is 1160. The number of aryl methyl sites for hydroxylation is 1. The Balaban J connectivity index is 1.40. The first-order valence-electron chi connectivity index (χ1n) is 10.5. The van der Waals surface area contributed by atoms with Crippen molar-refractivity contribution in [1.29, 1.82) is 0 Å². The highest BCUT2D eigenvalue weighted by atomic mass is 32.1. The van der Waals surface area contributed by atoms with Crippen LogP contribution >= 0.6 is 11.3 Å². The minimum absolute atomic E-state index is 0.0923. The normalized spacial score (nSPS) is 14.5. The van der Waals surface area contributed by atoms with Crippen LogP contribution in [0.4, 0.5) is 10.7 Å². The summed E-state index contributed by atoms with van der Waals surface area (Å²) < 4.78 is 21.1. The molecule has 2 amide bonds. The van der Waals surface area contributed by atoms with Crippen LogP contribution in [0.15, 0.2) is 35.8 Å². The number of rotatable bonds is 7. The number of fused-ring (bicyclic) bond motifs is 1. The van der Waals surface area contributed by atoms with Crippen LogP contribution in [-0.2, 0) is 12.8 Å². The van der Waals surface area contributed by atoms with Crippen LogP contribution in [-0.4, -0.2) is 49.3 Å². The van der Waals surface area contributed by atoms with Crippen molar-refractivity contribution in [3.05, 3.63) is 52.7 Å². The Kier molecular flexibility index (Phi) is 7.12. The van der Waals surface area contributed by atoms with Gasteiger partial charge in [0.2, 0.25) is 11.7 Å². The topological polar surface area (TPSA) is 121 Å². The van der Waals surface area contributed by atoms with Gasteiger partial charge in [-0.25, -0.2) is 14.8 Å². The van der Waals surface area contributed by atoms with Crippen LogP contribution in [0, 0.1) is 0 Å². The van der Waals surface area contributed by atoms with Gasteiger partial charge in [0.15, 0.2) is 16.6 Å². The number of aromatic nitrogens is 2. The number of amides is 2. The standard InChI is InChI=1S/C23H24N4O6S/c1-30-17-10-13(11-18(31-2)20(17)32-3)21(28)25-15-6-7-16-14(9-15)12-24-22(26-16)27-23(29)33-19-5-4-8-34-19/h4-5,8,10-12,15H,6-7,9H2,1-3H3,(H,25,28)(H,24,26,27,29). The Morgan fingerprint density at radius 3 is 2.53 bits per heavy atom. The number of carbonyl (C=O) groups is 2. The predicted octanol–water partition coefficient (Wildman–Crippen LogP) is 3.46. The molecule has 34 heavy (non-hydrogen) atoms. The Hall–Kier alpha value is -3.86. The molecule has 1 unspecified atom stereocenters. The first kappa shape index (κ1) is 23.3. The number of benzene rings is 1. The monoisotopic (exact) mass is 484 g/mol. The van der Waals surface area contributed by atoms with Gasteiger partial charge in [-0.3, -0.25) is 10.1 Å². The van der Waals surface area contributed by atoms with Gasteiger partial charge in [-0.2, -0.15) is 0 Å². The molecule has 0 spiro atoms. The molecule has 3 aromatic rings. The molecule has 1 aromatic carbocycles. The van der Waals surface area contributed by atoms with Crippen LogP contribution in [0.2, 0.25) is 0 Å². The number of methoxy groups -OCH3 is 3. The fourth-order valence-corrected chi connectivity index (χ4v) is 4.27. The third kappa shape index (κ3) is 5.20. The molecule has 1 aliphatic rings. The van der Waals surface area contributed by atoms with Crippen LogP contribution < -0.4 is 29.6 Å². The van der Waals surface area contributed by atoms with E-state index in [0.29, 0.717) is 47.1 Å². The van der Waals surface area contributed by atoms with Gasteiger partial charge < -0.3 is 24.3 Å². The fourth-order valence-electron chi connectivity index (χ4n) is 3.70. The number of carbonyl (C=O) groups excluding carboxylic acids is 2. The number of ether oxygens (including phenoxy) is 4. The average Bonchev–Trinajstić information content (AvgIpc) is 3.35. The minimum atomic E-state index is -0.645. The van der Waals surface area contributed by atoms with Crippen molar-refractivity contribution in [3.8, 4) is 22.3 Å². The van der Waals surface area contributed by atoms with Gasteiger partial charge in [0.1, 0.15) is 0 Å². The number of anilines is 1. The lowest BCUT2D eigenvalue weighted by Gasteiger charge is -2.25. The molecule has 0 saturated heterocycles. The Labute approximate surface area is 200 Å². The van der Waals surface area contributed by atoms with Gasteiger partial charge in [0, 0.05) is 23.5 Å². The summed E-state index contributed by atoms with van der Waals surface area (Å²) in [7, 11) is 4.51. The van der Waals surface area contributed by atoms with Crippen LogP contribution in [0.3, 0.4) is 0 Å². The summed E-state index contributed by atoms with van der Waals surface area (Å²) in [6.45, 7) is 0.